The average Bonchev–Trinajstić information content (AvgIpc) is 2.61. The fourth-order valence-electron chi connectivity index (χ4n) is 2.19. The standard InChI is InChI=1S/C18H17ClFNO5S/c1-12(18(23)13-3-5-14(19)6-4-13)26-17(22)11-21(2)27(24,25)16-9-7-15(20)8-10-16/h3-10,12H,11H2,1-2H3/t12-/m1/s1. The number of benzene rings is 2. The summed E-state index contributed by atoms with van der Waals surface area (Å²) in [5.41, 5.74) is 0.312. The molecule has 0 bridgehead atoms. The average molecular weight is 414 g/mol. The van der Waals surface area contributed by atoms with Gasteiger partial charge in [0, 0.05) is 17.6 Å². The van der Waals surface area contributed by atoms with Gasteiger partial charge in [-0.1, -0.05) is 11.6 Å². The Morgan fingerprint density at radius 2 is 1.67 bits per heavy atom. The van der Waals surface area contributed by atoms with Gasteiger partial charge >= 0.3 is 5.97 Å². The number of ether oxygens (including phenoxy) is 1. The topological polar surface area (TPSA) is 80.8 Å². The molecule has 0 aliphatic rings. The van der Waals surface area contributed by atoms with Crippen molar-refractivity contribution < 1.29 is 27.1 Å². The van der Waals surface area contributed by atoms with E-state index in [1.165, 1.54) is 38.2 Å². The van der Waals surface area contributed by atoms with E-state index in [0.29, 0.717) is 10.6 Å². The van der Waals surface area contributed by atoms with Gasteiger partial charge < -0.3 is 4.74 Å². The summed E-state index contributed by atoms with van der Waals surface area (Å²) in [6.07, 6.45) is -1.10. The zero-order valence-electron chi connectivity index (χ0n) is 14.6. The zero-order chi connectivity index (χ0) is 20.2. The van der Waals surface area contributed by atoms with Crippen LogP contribution in [0.15, 0.2) is 53.4 Å². The first-order valence-corrected chi connectivity index (χ1v) is 9.64. The summed E-state index contributed by atoms with van der Waals surface area (Å²) < 4.78 is 43.5. The van der Waals surface area contributed by atoms with Crippen molar-refractivity contribution in [2.24, 2.45) is 0 Å². The Morgan fingerprint density at radius 1 is 1.11 bits per heavy atom. The molecule has 0 spiro atoms. The highest BCUT2D eigenvalue weighted by Gasteiger charge is 2.26. The summed E-state index contributed by atoms with van der Waals surface area (Å²) in [4.78, 5) is 24.1. The number of likely N-dealkylation sites (N-methyl/N-ethyl adjacent to an activating group) is 1. The molecule has 0 aliphatic heterocycles. The van der Waals surface area contributed by atoms with Gasteiger partial charge in [-0.2, -0.15) is 4.31 Å². The van der Waals surface area contributed by atoms with Crippen LogP contribution in [0.5, 0.6) is 0 Å². The summed E-state index contributed by atoms with van der Waals surface area (Å²) in [6, 6.07) is 10.3. The third-order valence-electron chi connectivity index (χ3n) is 3.68. The van der Waals surface area contributed by atoms with E-state index in [1.54, 1.807) is 0 Å². The van der Waals surface area contributed by atoms with Crippen LogP contribution in [0.1, 0.15) is 17.3 Å². The van der Waals surface area contributed by atoms with Crippen LogP contribution in [0.2, 0.25) is 5.02 Å². The molecule has 144 valence electrons. The van der Waals surface area contributed by atoms with Crippen molar-refractivity contribution in [3.63, 3.8) is 0 Å². The normalized spacial score (nSPS) is 12.6. The van der Waals surface area contributed by atoms with Gasteiger partial charge in [0.25, 0.3) is 0 Å². The minimum Gasteiger partial charge on any atom is -0.453 e. The smallest absolute Gasteiger partial charge is 0.322 e. The molecule has 0 unspecified atom stereocenters. The van der Waals surface area contributed by atoms with Crippen LogP contribution in [0, 0.1) is 5.82 Å². The first-order valence-electron chi connectivity index (χ1n) is 7.82. The number of hydrogen-bond acceptors (Lipinski definition) is 5. The quantitative estimate of drug-likeness (QED) is 0.515. The highest BCUT2D eigenvalue weighted by molar-refractivity contribution is 7.89. The second-order valence-corrected chi connectivity index (χ2v) is 8.20. The summed E-state index contributed by atoms with van der Waals surface area (Å²) in [7, 11) is -2.81. The molecular weight excluding hydrogens is 397 g/mol. The van der Waals surface area contributed by atoms with E-state index in [2.05, 4.69) is 0 Å². The molecule has 0 fully saturated rings. The molecule has 2 aromatic rings. The Kier molecular flexibility index (Phi) is 6.69. The minimum absolute atomic E-state index is 0.163. The number of rotatable bonds is 7. The lowest BCUT2D eigenvalue weighted by Crippen LogP contribution is -2.35. The van der Waals surface area contributed by atoms with E-state index < -0.39 is 40.2 Å². The van der Waals surface area contributed by atoms with Gasteiger partial charge in [0.2, 0.25) is 15.8 Å². The van der Waals surface area contributed by atoms with Gasteiger partial charge in [0.15, 0.2) is 6.10 Å². The molecule has 0 aliphatic carbocycles. The molecule has 6 nitrogen and oxygen atoms in total. The van der Waals surface area contributed by atoms with Gasteiger partial charge in [-0.15, -0.1) is 0 Å². The molecule has 9 heteroatoms. The highest BCUT2D eigenvalue weighted by Crippen LogP contribution is 2.16. The SMILES string of the molecule is C[C@@H](OC(=O)CN(C)S(=O)(=O)c1ccc(F)cc1)C(=O)c1ccc(Cl)cc1. The molecule has 0 saturated heterocycles. The molecule has 1 atom stereocenters. The van der Waals surface area contributed by atoms with Crippen molar-refractivity contribution in [2.75, 3.05) is 13.6 Å². The highest BCUT2D eigenvalue weighted by atomic mass is 35.5. The maximum atomic E-state index is 12.9. The van der Waals surface area contributed by atoms with Gasteiger partial charge in [0.05, 0.1) is 4.90 Å². The van der Waals surface area contributed by atoms with Crippen LogP contribution >= 0.6 is 11.6 Å². The Bertz CT molecular complexity index is 929. The lowest BCUT2D eigenvalue weighted by molar-refractivity contribution is -0.146. The fraction of sp³-hybridized carbons (Fsp3) is 0.222. The number of carbonyl (C=O) groups is 2. The zero-order valence-corrected chi connectivity index (χ0v) is 16.1. The second kappa shape index (κ2) is 8.60. The number of ketones is 1. The van der Waals surface area contributed by atoms with Crippen molar-refractivity contribution in [3.05, 3.63) is 64.9 Å². The first kappa shape index (κ1) is 21.0. The third-order valence-corrected chi connectivity index (χ3v) is 5.75. The second-order valence-electron chi connectivity index (χ2n) is 5.72. The van der Waals surface area contributed by atoms with Crippen molar-refractivity contribution in [2.45, 2.75) is 17.9 Å². The number of esters is 1. The van der Waals surface area contributed by atoms with Crippen molar-refractivity contribution in [1.82, 2.24) is 4.31 Å². The molecule has 0 heterocycles. The minimum atomic E-state index is -4.00. The van der Waals surface area contributed by atoms with Gasteiger partial charge in [-0.25, -0.2) is 12.8 Å². The molecule has 0 aromatic heterocycles. The summed E-state index contributed by atoms with van der Waals surface area (Å²) in [5.74, 6) is -1.91. The summed E-state index contributed by atoms with van der Waals surface area (Å²) in [6.45, 7) is 0.793. The van der Waals surface area contributed by atoms with Crippen molar-refractivity contribution >= 4 is 33.4 Å². The van der Waals surface area contributed by atoms with Crippen molar-refractivity contribution in [1.29, 1.82) is 0 Å². The predicted octanol–water partition coefficient (Wildman–Crippen LogP) is 2.91. The Labute approximate surface area is 161 Å². The van der Waals surface area contributed by atoms with Gasteiger partial charge in [-0.3, -0.25) is 9.59 Å². The molecule has 2 rings (SSSR count). The molecule has 0 saturated carbocycles. The van der Waals surface area contributed by atoms with Crippen LogP contribution in [0.4, 0.5) is 4.39 Å². The predicted molar refractivity (Wildman–Crippen MR) is 97.6 cm³/mol. The third kappa shape index (κ3) is 5.35. The molecule has 0 amide bonds. The largest absolute Gasteiger partial charge is 0.453 e. The summed E-state index contributed by atoms with van der Waals surface area (Å²) in [5, 5.41) is 0.462. The monoisotopic (exact) mass is 413 g/mol. The molecule has 0 radical (unpaired) electrons. The molecule has 2 aromatic carbocycles. The molecule has 0 N–H and O–H groups in total. The molecular formula is C18H17ClFNO5S. The van der Waals surface area contributed by atoms with Crippen LogP contribution in [0.3, 0.4) is 0 Å². The van der Waals surface area contributed by atoms with Gasteiger partial charge in [0.1, 0.15) is 12.4 Å². The Morgan fingerprint density at radius 3 is 2.22 bits per heavy atom. The maximum absolute atomic E-state index is 12.9. The number of sulfonamides is 1. The summed E-state index contributed by atoms with van der Waals surface area (Å²) >= 11 is 5.76. The van der Waals surface area contributed by atoms with Crippen LogP contribution in [-0.2, 0) is 19.6 Å². The van der Waals surface area contributed by atoms with Gasteiger partial charge in [-0.05, 0) is 55.5 Å². The van der Waals surface area contributed by atoms with Crippen LogP contribution in [-0.4, -0.2) is 44.2 Å². The van der Waals surface area contributed by atoms with E-state index in [4.69, 9.17) is 16.3 Å². The number of carbonyl (C=O) groups excluding carboxylic acids is 2. The maximum Gasteiger partial charge on any atom is 0.322 e. The molecule has 27 heavy (non-hydrogen) atoms. The number of nitrogens with zero attached hydrogens (tertiary/aromatic N) is 1. The number of Topliss-reactive ketones (excluding diaryl/α,β-unsaturated/α-hetero) is 1. The number of hydrogen-bond donors (Lipinski definition) is 0. The van der Waals surface area contributed by atoms with E-state index in [1.807, 2.05) is 0 Å². The Balaban J connectivity index is 2.00. The number of halogens is 2. The lowest BCUT2D eigenvalue weighted by Gasteiger charge is -2.18. The van der Waals surface area contributed by atoms with E-state index >= 15 is 0 Å². The van der Waals surface area contributed by atoms with Crippen molar-refractivity contribution in [3.8, 4) is 0 Å². The van der Waals surface area contributed by atoms with E-state index in [0.717, 1.165) is 28.6 Å². The lowest BCUT2D eigenvalue weighted by atomic mass is 10.1. The Hall–Kier alpha value is -2.29. The van der Waals surface area contributed by atoms with Crippen LogP contribution in [0.25, 0.3) is 0 Å². The first-order chi connectivity index (χ1) is 12.6. The van der Waals surface area contributed by atoms with E-state index in [-0.39, 0.29) is 4.90 Å². The van der Waals surface area contributed by atoms with Crippen LogP contribution < -0.4 is 0 Å². The fourth-order valence-corrected chi connectivity index (χ4v) is 3.43. The van der Waals surface area contributed by atoms with E-state index in [9.17, 15) is 22.4 Å².